The van der Waals surface area contributed by atoms with Crippen LogP contribution in [-0.4, -0.2) is 23.4 Å². The Balaban J connectivity index is 1.68. The molecule has 2 fully saturated rings. The number of benzene rings is 1. The number of nitrogens with zero attached hydrogens (tertiary/aromatic N) is 1. The van der Waals surface area contributed by atoms with E-state index in [0.29, 0.717) is 6.04 Å². The highest BCUT2D eigenvalue weighted by Crippen LogP contribution is 2.38. The number of hydrogen-bond donors (Lipinski definition) is 1. The van der Waals surface area contributed by atoms with Crippen molar-refractivity contribution in [2.45, 2.75) is 51.1 Å². The van der Waals surface area contributed by atoms with Gasteiger partial charge in [0.1, 0.15) is 0 Å². The van der Waals surface area contributed by atoms with Gasteiger partial charge in [-0.3, -0.25) is 4.79 Å². The lowest BCUT2D eigenvalue weighted by Crippen LogP contribution is -2.46. The van der Waals surface area contributed by atoms with Gasteiger partial charge in [0.05, 0.1) is 5.92 Å². The molecule has 1 heterocycles. The predicted octanol–water partition coefficient (Wildman–Crippen LogP) is 3.11. The summed E-state index contributed by atoms with van der Waals surface area (Å²) in [5, 5.41) is 0. The summed E-state index contributed by atoms with van der Waals surface area (Å²) in [5.74, 6) is 0.852. The molecule has 1 amide bonds. The minimum atomic E-state index is -0.207. The van der Waals surface area contributed by atoms with Gasteiger partial charge < -0.3 is 10.6 Å². The minimum Gasteiger partial charge on any atom is -0.339 e. The summed E-state index contributed by atoms with van der Waals surface area (Å²) in [6.07, 6.45) is 6.27. The zero-order valence-electron chi connectivity index (χ0n) is 12.9. The number of likely N-dealkylation sites (tertiary alicyclic amines) is 1. The summed E-state index contributed by atoms with van der Waals surface area (Å²) in [4.78, 5) is 15.0. The van der Waals surface area contributed by atoms with Crippen LogP contribution in [0.4, 0.5) is 0 Å². The highest BCUT2D eigenvalue weighted by atomic mass is 16.2. The zero-order valence-corrected chi connectivity index (χ0v) is 12.9. The molecule has 1 saturated carbocycles. The molecule has 3 nitrogen and oxygen atoms in total. The molecule has 114 valence electrons. The summed E-state index contributed by atoms with van der Waals surface area (Å²) in [5.41, 5.74) is 7.38. The topological polar surface area (TPSA) is 46.3 Å². The first kappa shape index (κ1) is 14.6. The molecule has 1 aromatic rings. The van der Waals surface area contributed by atoms with Gasteiger partial charge in [0.2, 0.25) is 5.91 Å². The third kappa shape index (κ3) is 2.84. The largest absolute Gasteiger partial charge is 0.339 e. The molecule has 1 saturated heterocycles. The van der Waals surface area contributed by atoms with Gasteiger partial charge in [0.25, 0.3) is 0 Å². The third-order valence-corrected chi connectivity index (χ3v) is 5.39. The van der Waals surface area contributed by atoms with Crippen molar-refractivity contribution >= 4 is 5.91 Å². The molecule has 21 heavy (non-hydrogen) atoms. The summed E-state index contributed by atoms with van der Waals surface area (Å²) < 4.78 is 0. The van der Waals surface area contributed by atoms with Crippen LogP contribution in [0, 0.1) is 11.8 Å². The second-order valence-electron chi connectivity index (χ2n) is 6.66. The fourth-order valence-electron chi connectivity index (χ4n) is 3.76. The molecule has 3 unspecified atom stereocenters. The maximum Gasteiger partial charge on any atom is 0.227 e. The maximum absolute atomic E-state index is 12.9. The van der Waals surface area contributed by atoms with Crippen LogP contribution in [0.3, 0.4) is 0 Å². The van der Waals surface area contributed by atoms with Crippen molar-refractivity contribution in [3.63, 3.8) is 0 Å². The van der Waals surface area contributed by atoms with Gasteiger partial charge in [-0.15, -0.1) is 0 Å². The number of amides is 1. The van der Waals surface area contributed by atoms with E-state index in [2.05, 4.69) is 4.90 Å². The van der Waals surface area contributed by atoms with Crippen molar-refractivity contribution in [2.75, 3.05) is 6.54 Å². The van der Waals surface area contributed by atoms with Gasteiger partial charge in [-0.1, -0.05) is 43.7 Å². The Morgan fingerprint density at radius 1 is 1.19 bits per heavy atom. The summed E-state index contributed by atoms with van der Waals surface area (Å²) in [7, 11) is 0. The molecule has 0 radical (unpaired) electrons. The quantitative estimate of drug-likeness (QED) is 0.924. The molecule has 0 bridgehead atoms. The number of nitrogens with two attached hydrogens (primary N) is 1. The molecule has 3 heteroatoms. The second-order valence-corrected chi connectivity index (χ2v) is 6.66. The fourth-order valence-corrected chi connectivity index (χ4v) is 3.76. The summed E-state index contributed by atoms with van der Waals surface area (Å²) >= 11 is 0. The number of carbonyl (C=O) groups excluding carboxylic acids is 1. The van der Waals surface area contributed by atoms with Gasteiger partial charge in [-0.2, -0.15) is 0 Å². The van der Waals surface area contributed by atoms with E-state index < -0.39 is 0 Å². The molecule has 3 atom stereocenters. The molecule has 2 aliphatic rings. The van der Waals surface area contributed by atoms with E-state index in [4.69, 9.17) is 5.73 Å². The maximum atomic E-state index is 12.9. The summed E-state index contributed by atoms with van der Waals surface area (Å²) in [6.45, 7) is 2.90. The molecule has 1 aliphatic carbocycles. The van der Waals surface area contributed by atoms with E-state index in [1.165, 1.54) is 25.7 Å². The Bertz CT molecular complexity index is 483. The van der Waals surface area contributed by atoms with E-state index in [-0.39, 0.29) is 17.9 Å². The molecule has 0 aromatic heterocycles. The molecular weight excluding hydrogens is 260 g/mol. The zero-order chi connectivity index (χ0) is 14.8. The van der Waals surface area contributed by atoms with Crippen LogP contribution in [0.25, 0.3) is 0 Å². The third-order valence-electron chi connectivity index (χ3n) is 5.39. The van der Waals surface area contributed by atoms with Crippen LogP contribution < -0.4 is 5.73 Å². The lowest BCUT2D eigenvalue weighted by Gasteiger charge is -2.38. The number of carbonyl (C=O) groups is 1. The van der Waals surface area contributed by atoms with Crippen molar-refractivity contribution in [1.82, 2.24) is 4.90 Å². The van der Waals surface area contributed by atoms with Gasteiger partial charge in [-0.25, -0.2) is 0 Å². The predicted molar refractivity (Wildman–Crippen MR) is 84.6 cm³/mol. The Labute approximate surface area is 127 Å². The van der Waals surface area contributed by atoms with Gasteiger partial charge >= 0.3 is 0 Å². The lowest BCUT2D eigenvalue weighted by molar-refractivity contribution is -0.138. The molecule has 0 spiro atoms. The second kappa shape index (κ2) is 6.18. The van der Waals surface area contributed by atoms with Crippen LogP contribution in [-0.2, 0) is 4.79 Å². The normalized spacial score (nSPS) is 25.4. The monoisotopic (exact) mass is 286 g/mol. The standard InChI is InChI=1S/C18H26N2O/c1-13(17(19)15-7-3-2-4-8-15)18(21)20-12-6-11-16(20)14-9-5-10-14/h2-4,7-8,13-14,16-17H,5-6,9-12,19H2,1H3. The Hall–Kier alpha value is -1.35. The van der Waals surface area contributed by atoms with Gasteiger partial charge in [0, 0.05) is 18.6 Å². The van der Waals surface area contributed by atoms with E-state index >= 15 is 0 Å². The van der Waals surface area contributed by atoms with Crippen molar-refractivity contribution < 1.29 is 4.79 Å². The van der Waals surface area contributed by atoms with Crippen LogP contribution in [0.15, 0.2) is 30.3 Å². The highest BCUT2D eigenvalue weighted by Gasteiger charge is 2.39. The SMILES string of the molecule is CC(C(=O)N1CCCC1C1CCC1)C(N)c1ccccc1. The van der Waals surface area contributed by atoms with Gasteiger partial charge in [-0.05, 0) is 37.2 Å². The summed E-state index contributed by atoms with van der Waals surface area (Å²) in [6, 6.07) is 10.3. The molecule has 1 aliphatic heterocycles. The minimum absolute atomic E-state index is 0.145. The van der Waals surface area contributed by atoms with Gasteiger partial charge in [0.15, 0.2) is 0 Å². The Morgan fingerprint density at radius 3 is 2.52 bits per heavy atom. The fraction of sp³-hybridized carbons (Fsp3) is 0.611. The van der Waals surface area contributed by atoms with Crippen LogP contribution in [0.5, 0.6) is 0 Å². The molecule has 2 N–H and O–H groups in total. The lowest BCUT2D eigenvalue weighted by atomic mass is 9.78. The highest BCUT2D eigenvalue weighted by molar-refractivity contribution is 5.80. The van der Waals surface area contributed by atoms with Crippen LogP contribution in [0.1, 0.15) is 50.6 Å². The molecule has 1 aromatic carbocycles. The van der Waals surface area contributed by atoms with E-state index in [1.807, 2.05) is 37.3 Å². The van der Waals surface area contributed by atoms with E-state index in [9.17, 15) is 4.79 Å². The Morgan fingerprint density at radius 2 is 1.90 bits per heavy atom. The van der Waals surface area contributed by atoms with Crippen molar-refractivity contribution in [1.29, 1.82) is 0 Å². The number of hydrogen-bond acceptors (Lipinski definition) is 2. The smallest absolute Gasteiger partial charge is 0.227 e. The van der Waals surface area contributed by atoms with Crippen molar-refractivity contribution in [3.05, 3.63) is 35.9 Å². The average Bonchev–Trinajstić information content (AvgIpc) is 2.93. The first-order valence-corrected chi connectivity index (χ1v) is 8.29. The average molecular weight is 286 g/mol. The first-order chi connectivity index (χ1) is 10.2. The molecular formula is C18H26N2O. The van der Waals surface area contributed by atoms with Crippen LogP contribution in [0.2, 0.25) is 0 Å². The first-order valence-electron chi connectivity index (χ1n) is 8.29. The Kier molecular flexibility index (Phi) is 4.29. The van der Waals surface area contributed by atoms with E-state index in [1.54, 1.807) is 0 Å². The van der Waals surface area contributed by atoms with Crippen molar-refractivity contribution in [2.24, 2.45) is 17.6 Å². The van der Waals surface area contributed by atoms with Crippen LogP contribution >= 0.6 is 0 Å². The van der Waals surface area contributed by atoms with Crippen molar-refractivity contribution in [3.8, 4) is 0 Å². The molecule has 3 rings (SSSR count). The number of rotatable bonds is 4. The van der Waals surface area contributed by atoms with E-state index in [0.717, 1.165) is 24.4 Å².